The summed E-state index contributed by atoms with van der Waals surface area (Å²) in [5, 5.41) is 10.6. The van der Waals surface area contributed by atoms with Crippen molar-refractivity contribution < 1.29 is 10.0 Å². The molecule has 7 heteroatoms. The Balaban J connectivity index is 0.000000516. The Bertz CT molecular complexity index is 1070. The molecule has 1 amide bonds. The Labute approximate surface area is 162 Å². The number of hydroxylamine groups is 1. The van der Waals surface area contributed by atoms with Gasteiger partial charge in [-0.1, -0.05) is 23.8 Å². The van der Waals surface area contributed by atoms with E-state index in [1.165, 1.54) is 11.0 Å². The molecule has 3 N–H and O–H groups in total. The van der Waals surface area contributed by atoms with Crippen molar-refractivity contribution in [3.63, 3.8) is 0 Å². The number of aryl methyl sites for hydroxylation is 2. The molecule has 28 heavy (non-hydrogen) atoms. The average molecular weight is 375 g/mol. The highest BCUT2D eigenvalue weighted by Crippen LogP contribution is 2.27. The normalized spacial score (nSPS) is 10.1. The van der Waals surface area contributed by atoms with Gasteiger partial charge < -0.3 is 5.32 Å². The number of aromatic nitrogens is 3. The number of rotatable bonds is 4. The van der Waals surface area contributed by atoms with Crippen LogP contribution in [0, 0.1) is 13.8 Å². The Morgan fingerprint density at radius 1 is 1.07 bits per heavy atom. The molecule has 3 heterocycles. The van der Waals surface area contributed by atoms with E-state index in [0.717, 1.165) is 34.1 Å². The zero-order valence-electron chi connectivity index (χ0n) is 15.6. The van der Waals surface area contributed by atoms with Crippen LogP contribution in [-0.4, -0.2) is 26.0 Å². The number of nitrogens with one attached hydrogen (secondary N) is 2. The van der Waals surface area contributed by atoms with Crippen LogP contribution in [0.15, 0.2) is 67.0 Å². The number of fused-ring (bicyclic) bond motifs is 1. The molecule has 0 unspecified atom stereocenters. The van der Waals surface area contributed by atoms with Gasteiger partial charge in [0.05, 0.1) is 11.4 Å². The maximum Gasteiger partial charge on any atom is 0.230 e. The van der Waals surface area contributed by atoms with Crippen molar-refractivity contribution in [2.24, 2.45) is 0 Å². The zero-order chi connectivity index (χ0) is 19.9. The van der Waals surface area contributed by atoms with Crippen molar-refractivity contribution in [1.29, 1.82) is 0 Å². The second-order valence-corrected chi connectivity index (χ2v) is 6.14. The second kappa shape index (κ2) is 8.79. The van der Waals surface area contributed by atoms with Crippen molar-refractivity contribution in [3.05, 3.63) is 78.2 Å². The van der Waals surface area contributed by atoms with Crippen LogP contribution in [0.3, 0.4) is 0 Å². The molecule has 0 spiro atoms. The highest BCUT2D eigenvalue weighted by atomic mass is 16.5. The van der Waals surface area contributed by atoms with Crippen LogP contribution in [0.5, 0.6) is 0 Å². The fourth-order valence-electron chi connectivity index (χ4n) is 2.89. The van der Waals surface area contributed by atoms with Crippen LogP contribution in [0.1, 0.15) is 11.3 Å². The van der Waals surface area contributed by atoms with Crippen molar-refractivity contribution in [2.45, 2.75) is 13.8 Å². The summed E-state index contributed by atoms with van der Waals surface area (Å²) in [6.45, 7) is 4.12. The van der Waals surface area contributed by atoms with Gasteiger partial charge in [-0.2, -0.15) is 0 Å². The molecule has 0 aliphatic carbocycles. The van der Waals surface area contributed by atoms with Crippen LogP contribution < -0.4 is 10.8 Å². The molecule has 3 aromatic heterocycles. The molecule has 0 saturated carbocycles. The largest absolute Gasteiger partial charge is 0.340 e. The number of hydrogen-bond acceptors (Lipinski definition) is 5. The number of anilines is 2. The Morgan fingerprint density at radius 3 is 2.54 bits per heavy atom. The minimum absolute atomic E-state index is 0.181. The Kier molecular flexibility index (Phi) is 5.98. The number of benzene rings is 1. The molecule has 0 aliphatic rings. The topological polar surface area (TPSA) is 91.5 Å². The maximum absolute atomic E-state index is 8.81. The van der Waals surface area contributed by atoms with Crippen molar-refractivity contribution >= 4 is 23.6 Å². The van der Waals surface area contributed by atoms with Gasteiger partial charge in [0, 0.05) is 23.6 Å². The van der Waals surface area contributed by atoms with E-state index >= 15 is 0 Å². The first kappa shape index (κ1) is 19.1. The third-order valence-electron chi connectivity index (χ3n) is 4.11. The zero-order valence-corrected chi connectivity index (χ0v) is 15.6. The van der Waals surface area contributed by atoms with Crippen LogP contribution in [0.2, 0.25) is 0 Å². The number of pyridine rings is 2. The Hall–Kier alpha value is -3.71. The molecule has 7 nitrogen and oxygen atoms in total. The molecule has 4 aromatic rings. The van der Waals surface area contributed by atoms with E-state index in [1.807, 2.05) is 43.6 Å². The highest BCUT2D eigenvalue weighted by Gasteiger charge is 2.11. The van der Waals surface area contributed by atoms with E-state index < -0.39 is 0 Å². The fraction of sp³-hybridized carbons (Fsp3) is 0.0952. The van der Waals surface area contributed by atoms with Crippen LogP contribution in [-0.2, 0) is 4.79 Å². The van der Waals surface area contributed by atoms with Crippen molar-refractivity contribution in [2.75, 3.05) is 5.32 Å². The lowest BCUT2D eigenvalue weighted by atomic mass is 10.1. The SMILES string of the molecule is Cc1ccc(Nc2cc(-c3c(C)nc4ccccn34)ccn2)cc1.O=CNO. The van der Waals surface area contributed by atoms with Crippen molar-refractivity contribution in [3.8, 4) is 11.3 Å². The summed E-state index contributed by atoms with van der Waals surface area (Å²) in [6, 6.07) is 18.4. The molecular formula is C21H21N5O2. The summed E-state index contributed by atoms with van der Waals surface area (Å²) < 4.78 is 2.11. The molecule has 0 radical (unpaired) electrons. The van der Waals surface area contributed by atoms with Gasteiger partial charge in [-0.15, -0.1) is 0 Å². The third kappa shape index (κ3) is 4.33. The molecule has 0 fully saturated rings. The van der Waals surface area contributed by atoms with Crippen LogP contribution >= 0.6 is 0 Å². The van der Waals surface area contributed by atoms with E-state index in [2.05, 4.69) is 56.9 Å². The highest BCUT2D eigenvalue weighted by molar-refractivity contribution is 5.70. The second-order valence-electron chi connectivity index (χ2n) is 6.14. The number of carbonyl (C=O) groups excluding carboxylic acids is 1. The van der Waals surface area contributed by atoms with Gasteiger partial charge in [-0.3, -0.25) is 14.4 Å². The van der Waals surface area contributed by atoms with E-state index in [0.29, 0.717) is 0 Å². The fourth-order valence-corrected chi connectivity index (χ4v) is 2.89. The minimum atomic E-state index is 0.181. The van der Waals surface area contributed by atoms with Gasteiger partial charge in [0.2, 0.25) is 6.41 Å². The van der Waals surface area contributed by atoms with Crippen LogP contribution in [0.4, 0.5) is 11.5 Å². The summed E-state index contributed by atoms with van der Waals surface area (Å²) in [4.78, 5) is 17.9. The smallest absolute Gasteiger partial charge is 0.230 e. The first-order valence-corrected chi connectivity index (χ1v) is 8.69. The molecule has 142 valence electrons. The predicted octanol–water partition coefficient (Wildman–Crippen LogP) is 3.88. The predicted molar refractivity (Wildman–Crippen MR) is 109 cm³/mol. The molecule has 0 atom stereocenters. The number of carbonyl (C=O) groups is 1. The van der Waals surface area contributed by atoms with Crippen molar-refractivity contribution in [1.82, 2.24) is 19.8 Å². The van der Waals surface area contributed by atoms with E-state index in [4.69, 9.17) is 10.0 Å². The monoisotopic (exact) mass is 375 g/mol. The number of hydrogen-bond donors (Lipinski definition) is 3. The van der Waals surface area contributed by atoms with Gasteiger partial charge in [-0.05, 0) is 50.2 Å². The average Bonchev–Trinajstić information content (AvgIpc) is 3.06. The molecule has 0 aliphatic heterocycles. The Morgan fingerprint density at radius 2 is 1.82 bits per heavy atom. The summed E-state index contributed by atoms with van der Waals surface area (Å²) in [7, 11) is 0. The van der Waals surface area contributed by atoms with Gasteiger partial charge >= 0.3 is 0 Å². The lowest BCUT2D eigenvalue weighted by Gasteiger charge is -2.08. The van der Waals surface area contributed by atoms with E-state index in [-0.39, 0.29) is 6.41 Å². The molecular weight excluding hydrogens is 354 g/mol. The van der Waals surface area contributed by atoms with Gasteiger partial charge in [0.25, 0.3) is 0 Å². The standard InChI is InChI=1S/C20H18N4.CH3NO2/c1-14-6-8-17(9-7-14)23-18-13-16(10-11-21-18)20-15(2)22-19-5-3-4-12-24(19)20;3-1-2-4/h3-13H,1-2H3,(H,21,23);1,4H,(H,2,3). The van der Waals surface area contributed by atoms with Gasteiger partial charge in [0.15, 0.2) is 0 Å². The van der Waals surface area contributed by atoms with E-state index in [9.17, 15) is 0 Å². The third-order valence-corrected chi connectivity index (χ3v) is 4.11. The molecule has 0 bridgehead atoms. The van der Waals surface area contributed by atoms with E-state index in [1.54, 1.807) is 0 Å². The number of nitrogens with zero attached hydrogens (tertiary/aromatic N) is 3. The first-order chi connectivity index (χ1) is 13.6. The number of imidazole rings is 1. The maximum atomic E-state index is 8.81. The molecule has 4 rings (SSSR count). The summed E-state index contributed by atoms with van der Waals surface area (Å²) in [6.07, 6.45) is 4.05. The molecule has 0 saturated heterocycles. The minimum Gasteiger partial charge on any atom is -0.340 e. The van der Waals surface area contributed by atoms with Gasteiger partial charge in [0.1, 0.15) is 11.5 Å². The molecule has 1 aromatic carbocycles. The first-order valence-electron chi connectivity index (χ1n) is 8.69. The summed E-state index contributed by atoms with van der Waals surface area (Å²) in [5.41, 5.74) is 7.67. The lowest BCUT2D eigenvalue weighted by molar-refractivity contribution is -0.116. The van der Waals surface area contributed by atoms with Gasteiger partial charge in [-0.25, -0.2) is 15.4 Å². The lowest BCUT2D eigenvalue weighted by Crippen LogP contribution is -1.99. The van der Waals surface area contributed by atoms with Crippen LogP contribution in [0.25, 0.3) is 16.9 Å². The quantitative estimate of drug-likeness (QED) is 0.286. The summed E-state index contributed by atoms with van der Waals surface area (Å²) in [5.74, 6) is 0.821. The number of amides is 1. The summed E-state index contributed by atoms with van der Waals surface area (Å²) >= 11 is 0.